The van der Waals surface area contributed by atoms with Gasteiger partial charge in [-0.15, -0.1) is 0 Å². The van der Waals surface area contributed by atoms with Crippen molar-refractivity contribution in [2.24, 2.45) is 0 Å². The van der Waals surface area contributed by atoms with E-state index in [1.165, 1.54) is 0 Å². The highest BCUT2D eigenvalue weighted by atomic mass is 16.5. The topological polar surface area (TPSA) is 45.4 Å². The van der Waals surface area contributed by atoms with Crippen molar-refractivity contribution in [3.63, 3.8) is 0 Å². The Hall–Kier alpha value is -0.940. The van der Waals surface area contributed by atoms with Crippen LogP contribution in [0, 0.1) is 6.92 Å². The molecular formula is C11H20N4O. The van der Waals surface area contributed by atoms with Crippen molar-refractivity contribution in [2.75, 3.05) is 26.7 Å². The minimum atomic E-state index is 0.213. The first-order chi connectivity index (χ1) is 7.58. The molecule has 2 rings (SSSR count). The summed E-state index contributed by atoms with van der Waals surface area (Å²) in [6.07, 6.45) is 0. The van der Waals surface area contributed by atoms with Crippen molar-refractivity contribution in [1.29, 1.82) is 0 Å². The standard InChI is InChI=1S/C11H20N4O/c1-8-7-14(4)5-6-15(8)9(2)11-12-10(3)13-16-11/h8-9H,5-7H2,1-4H3/t8-,9-/m1/s1. The molecule has 2 heterocycles. The molecule has 2 atom stereocenters. The Balaban J connectivity index is 2.07. The molecule has 5 nitrogen and oxygen atoms in total. The molecule has 0 aromatic carbocycles. The van der Waals surface area contributed by atoms with Crippen molar-refractivity contribution in [3.05, 3.63) is 11.7 Å². The summed E-state index contributed by atoms with van der Waals surface area (Å²) in [7, 11) is 2.16. The highest BCUT2D eigenvalue weighted by molar-refractivity contribution is 4.93. The third-order valence-corrected chi connectivity index (χ3v) is 3.28. The Morgan fingerprint density at radius 1 is 1.44 bits per heavy atom. The second-order valence-corrected chi connectivity index (χ2v) is 4.70. The number of hydrogen-bond donors (Lipinski definition) is 0. The van der Waals surface area contributed by atoms with E-state index in [4.69, 9.17) is 4.52 Å². The summed E-state index contributed by atoms with van der Waals surface area (Å²) < 4.78 is 5.24. The van der Waals surface area contributed by atoms with Crippen molar-refractivity contribution in [2.45, 2.75) is 32.9 Å². The fourth-order valence-corrected chi connectivity index (χ4v) is 2.35. The number of likely N-dealkylation sites (N-methyl/N-ethyl adjacent to an activating group) is 1. The Morgan fingerprint density at radius 2 is 2.19 bits per heavy atom. The minimum absolute atomic E-state index is 0.213. The van der Waals surface area contributed by atoms with E-state index in [0.717, 1.165) is 25.5 Å². The number of nitrogens with zero attached hydrogens (tertiary/aromatic N) is 4. The molecule has 0 radical (unpaired) electrons. The van der Waals surface area contributed by atoms with Crippen LogP contribution in [0.15, 0.2) is 4.52 Å². The van der Waals surface area contributed by atoms with Gasteiger partial charge in [0.2, 0.25) is 5.89 Å². The maximum Gasteiger partial charge on any atom is 0.243 e. The molecule has 1 aliphatic rings. The maximum atomic E-state index is 5.24. The molecule has 1 fully saturated rings. The van der Waals surface area contributed by atoms with Gasteiger partial charge in [0, 0.05) is 25.7 Å². The molecule has 0 aliphatic carbocycles. The summed E-state index contributed by atoms with van der Waals surface area (Å²) >= 11 is 0. The van der Waals surface area contributed by atoms with Gasteiger partial charge in [-0.2, -0.15) is 4.98 Å². The van der Waals surface area contributed by atoms with Gasteiger partial charge in [-0.05, 0) is 27.8 Å². The van der Waals surface area contributed by atoms with E-state index in [0.29, 0.717) is 11.9 Å². The van der Waals surface area contributed by atoms with Gasteiger partial charge >= 0.3 is 0 Å². The van der Waals surface area contributed by atoms with Crippen LogP contribution in [0.2, 0.25) is 0 Å². The normalized spacial score (nSPS) is 25.9. The van der Waals surface area contributed by atoms with Gasteiger partial charge < -0.3 is 9.42 Å². The van der Waals surface area contributed by atoms with Crippen LogP contribution >= 0.6 is 0 Å². The summed E-state index contributed by atoms with van der Waals surface area (Å²) in [6.45, 7) is 9.48. The summed E-state index contributed by atoms with van der Waals surface area (Å²) in [5.74, 6) is 1.44. The van der Waals surface area contributed by atoms with E-state index in [2.05, 4.69) is 40.8 Å². The van der Waals surface area contributed by atoms with Crippen LogP contribution in [0.3, 0.4) is 0 Å². The molecule has 16 heavy (non-hydrogen) atoms. The summed E-state index contributed by atoms with van der Waals surface area (Å²) in [4.78, 5) is 9.08. The van der Waals surface area contributed by atoms with Crippen LogP contribution < -0.4 is 0 Å². The van der Waals surface area contributed by atoms with Gasteiger partial charge in [0.1, 0.15) is 0 Å². The monoisotopic (exact) mass is 224 g/mol. The first kappa shape index (κ1) is 11.5. The van der Waals surface area contributed by atoms with Crippen LogP contribution in [-0.4, -0.2) is 52.7 Å². The minimum Gasteiger partial charge on any atom is -0.338 e. The Labute approximate surface area is 96.4 Å². The highest BCUT2D eigenvalue weighted by Crippen LogP contribution is 2.23. The molecule has 90 valence electrons. The lowest BCUT2D eigenvalue weighted by atomic mass is 10.1. The average Bonchev–Trinajstić information content (AvgIpc) is 2.64. The lowest BCUT2D eigenvalue weighted by Crippen LogP contribution is -2.51. The van der Waals surface area contributed by atoms with E-state index < -0.39 is 0 Å². The fraction of sp³-hybridized carbons (Fsp3) is 0.818. The van der Waals surface area contributed by atoms with Crippen LogP contribution in [0.5, 0.6) is 0 Å². The second kappa shape index (κ2) is 4.51. The van der Waals surface area contributed by atoms with E-state index >= 15 is 0 Å². The molecular weight excluding hydrogens is 204 g/mol. The third kappa shape index (κ3) is 2.25. The smallest absolute Gasteiger partial charge is 0.243 e. The van der Waals surface area contributed by atoms with Crippen LogP contribution in [0.1, 0.15) is 31.6 Å². The molecule has 0 unspecified atom stereocenters. The quantitative estimate of drug-likeness (QED) is 0.752. The SMILES string of the molecule is Cc1noc([C@@H](C)N2CCN(C)C[C@H]2C)n1. The maximum absolute atomic E-state index is 5.24. The molecule has 1 saturated heterocycles. The zero-order valence-electron chi connectivity index (χ0n) is 10.5. The first-order valence-corrected chi connectivity index (χ1v) is 5.82. The number of piperazine rings is 1. The molecule has 1 aromatic rings. The Bertz CT molecular complexity index is 352. The number of aryl methyl sites for hydroxylation is 1. The van der Waals surface area contributed by atoms with E-state index in [1.54, 1.807) is 0 Å². The van der Waals surface area contributed by atoms with Gasteiger partial charge in [-0.1, -0.05) is 5.16 Å². The molecule has 0 saturated carbocycles. The molecule has 1 aliphatic heterocycles. The number of rotatable bonds is 2. The predicted molar refractivity (Wildman–Crippen MR) is 61.1 cm³/mol. The molecule has 0 spiro atoms. The molecule has 5 heteroatoms. The molecule has 0 amide bonds. The Kier molecular flexibility index (Phi) is 3.25. The fourth-order valence-electron chi connectivity index (χ4n) is 2.35. The molecule has 0 N–H and O–H groups in total. The Morgan fingerprint density at radius 3 is 2.75 bits per heavy atom. The van der Waals surface area contributed by atoms with Gasteiger partial charge in [-0.3, -0.25) is 4.90 Å². The first-order valence-electron chi connectivity index (χ1n) is 5.82. The average molecular weight is 224 g/mol. The van der Waals surface area contributed by atoms with Gasteiger partial charge in [0.25, 0.3) is 0 Å². The highest BCUT2D eigenvalue weighted by Gasteiger charge is 2.29. The zero-order chi connectivity index (χ0) is 11.7. The summed E-state index contributed by atoms with van der Waals surface area (Å²) in [5, 5.41) is 3.85. The van der Waals surface area contributed by atoms with Crippen molar-refractivity contribution < 1.29 is 4.52 Å². The van der Waals surface area contributed by atoms with E-state index in [1.807, 2.05) is 6.92 Å². The third-order valence-electron chi connectivity index (χ3n) is 3.28. The largest absolute Gasteiger partial charge is 0.338 e. The van der Waals surface area contributed by atoms with Crippen LogP contribution in [0.4, 0.5) is 0 Å². The van der Waals surface area contributed by atoms with Gasteiger partial charge in [-0.25, -0.2) is 0 Å². The van der Waals surface area contributed by atoms with Crippen LogP contribution in [-0.2, 0) is 0 Å². The van der Waals surface area contributed by atoms with Gasteiger partial charge in [0.05, 0.1) is 6.04 Å². The zero-order valence-corrected chi connectivity index (χ0v) is 10.5. The van der Waals surface area contributed by atoms with Crippen molar-refractivity contribution >= 4 is 0 Å². The molecule has 1 aromatic heterocycles. The second-order valence-electron chi connectivity index (χ2n) is 4.70. The van der Waals surface area contributed by atoms with Crippen LogP contribution in [0.25, 0.3) is 0 Å². The van der Waals surface area contributed by atoms with Crippen molar-refractivity contribution in [3.8, 4) is 0 Å². The summed E-state index contributed by atoms with van der Waals surface area (Å²) in [6, 6.07) is 0.742. The molecule has 0 bridgehead atoms. The lowest BCUT2D eigenvalue weighted by Gasteiger charge is -2.40. The number of aromatic nitrogens is 2. The lowest BCUT2D eigenvalue weighted by molar-refractivity contribution is 0.0545. The number of hydrogen-bond acceptors (Lipinski definition) is 5. The van der Waals surface area contributed by atoms with E-state index in [-0.39, 0.29) is 6.04 Å². The van der Waals surface area contributed by atoms with E-state index in [9.17, 15) is 0 Å². The summed E-state index contributed by atoms with van der Waals surface area (Å²) in [5.41, 5.74) is 0. The predicted octanol–water partition coefficient (Wildman–Crippen LogP) is 1.07. The van der Waals surface area contributed by atoms with Gasteiger partial charge in [0.15, 0.2) is 5.82 Å². The van der Waals surface area contributed by atoms with Crippen molar-refractivity contribution in [1.82, 2.24) is 19.9 Å².